The monoisotopic (exact) mass is 342 g/mol. The zero-order chi connectivity index (χ0) is 17.6. The number of primary amides is 1. The number of fused-ring (bicyclic) bond motifs is 1. The molecule has 3 N–H and O–H groups in total. The van der Waals surface area contributed by atoms with Crippen molar-refractivity contribution in [2.45, 2.75) is 0 Å². The van der Waals surface area contributed by atoms with Gasteiger partial charge in [-0.3, -0.25) is 14.7 Å². The molecule has 126 valence electrons. The van der Waals surface area contributed by atoms with Crippen LogP contribution in [0.2, 0.25) is 0 Å². The zero-order valence-corrected chi connectivity index (χ0v) is 12.7. The van der Waals surface area contributed by atoms with E-state index in [9.17, 15) is 14.0 Å². The quantitative estimate of drug-likeness (QED) is 0.742. The van der Waals surface area contributed by atoms with Crippen LogP contribution in [0, 0.1) is 5.82 Å². The highest BCUT2D eigenvalue weighted by Crippen LogP contribution is 2.35. The van der Waals surface area contributed by atoms with Crippen molar-refractivity contribution in [3.05, 3.63) is 58.4 Å². The second-order valence-corrected chi connectivity index (χ2v) is 5.27. The van der Waals surface area contributed by atoms with Crippen molar-refractivity contribution in [3.8, 4) is 28.4 Å². The maximum atomic E-state index is 13.0. The summed E-state index contributed by atoms with van der Waals surface area (Å²) in [6.45, 7) is 0.0817. The van der Waals surface area contributed by atoms with E-state index in [1.54, 1.807) is 18.2 Å². The van der Waals surface area contributed by atoms with Crippen LogP contribution >= 0.6 is 0 Å². The lowest BCUT2D eigenvalue weighted by Gasteiger charge is -2.01. The van der Waals surface area contributed by atoms with Crippen molar-refractivity contribution < 1.29 is 18.7 Å². The number of aromatic amines is 1. The van der Waals surface area contributed by atoms with Gasteiger partial charge in [-0.1, -0.05) is 6.07 Å². The van der Waals surface area contributed by atoms with Gasteiger partial charge in [-0.15, -0.1) is 0 Å². The van der Waals surface area contributed by atoms with Gasteiger partial charge in [0.1, 0.15) is 11.5 Å². The van der Waals surface area contributed by atoms with E-state index >= 15 is 0 Å². The Morgan fingerprint density at radius 2 is 2.04 bits per heavy atom. The highest BCUT2D eigenvalue weighted by molar-refractivity contribution is 5.98. The van der Waals surface area contributed by atoms with Gasteiger partial charge < -0.3 is 15.2 Å². The molecule has 1 amide bonds. The SMILES string of the molecule is NC(=O)c1[nH]n(-c2ccc(F)cn2)c(=O)c1-c1ccc2c(c1)OCO2. The van der Waals surface area contributed by atoms with E-state index in [2.05, 4.69) is 10.1 Å². The van der Waals surface area contributed by atoms with E-state index in [1.807, 2.05) is 0 Å². The highest BCUT2D eigenvalue weighted by atomic mass is 19.1. The topological polar surface area (TPSA) is 112 Å². The number of halogens is 1. The largest absolute Gasteiger partial charge is 0.454 e. The summed E-state index contributed by atoms with van der Waals surface area (Å²) in [5.74, 6) is -0.235. The van der Waals surface area contributed by atoms with Crippen LogP contribution < -0.4 is 20.8 Å². The molecule has 0 fully saturated rings. The normalized spacial score (nSPS) is 12.4. The van der Waals surface area contributed by atoms with Gasteiger partial charge in [0.2, 0.25) is 6.79 Å². The Morgan fingerprint density at radius 3 is 2.76 bits per heavy atom. The number of hydrogen-bond acceptors (Lipinski definition) is 5. The number of benzene rings is 1. The molecule has 1 aromatic carbocycles. The van der Waals surface area contributed by atoms with Gasteiger partial charge in [-0.2, -0.15) is 0 Å². The maximum absolute atomic E-state index is 13.0. The first kappa shape index (κ1) is 14.9. The second-order valence-electron chi connectivity index (χ2n) is 5.27. The zero-order valence-electron chi connectivity index (χ0n) is 12.7. The lowest BCUT2D eigenvalue weighted by Crippen LogP contribution is -2.16. The van der Waals surface area contributed by atoms with Crippen LogP contribution in [0.15, 0.2) is 41.3 Å². The summed E-state index contributed by atoms with van der Waals surface area (Å²) in [7, 11) is 0. The lowest BCUT2D eigenvalue weighted by molar-refractivity contribution is 0.0995. The molecule has 1 aliphatic rings. The third kappa shape index (κ3) is 2.42. The molecule has 9 heteroatoms. The van der Waals surface area contributed by atoms with E-state index in [-0.39, 0.29) is 23.9 Å². The average molecular weight is 342 g/mol. The van der Waals surface area contributed by atoms with E-state index in [1.165, 1.54) is 6.07 Å². The van der Waals surface area contributed by atoms with Crippen molar-refractivity contribution in [2.75, 3.05) is 6.79 Å². The molecule has 3 heterocycles. The minimum absolute atomic E-state index is 0.0666. The van der Waals surface area contributed by atoms with Gasteiger partial charge >= 0.3 is 0 Å². The Labute approximate surface area is 139 Å². The van der Waals surface area contributed by atoms with E-state index in [0.29, 0.717) is 17.1 Å². The number of aromatic nitrogens is 3. The third-order valence-electron chi connectivity index (χ3n) is 3.74. The van der Waals surface area contributed by atoms with Crippen molar-refractivity contribution in [1.82, 2.24) is 14.8 Å². The van der Waals surface area contributed by atoms with Crippen LogP contribution in [0.25, 0.3) is 16.9 Å². The van der Waals surface area contributed by atoms with Crippen LogP contribution in [0.3, 0.4) is 0 Å². The molecule has 0 saturated carbocycles. The van der Waals surface area contributed by atoms with E-state index < -0.39 is 17.3 Å². The summed E-state index contributed by atoms with van der Waals surface area (Å²) in [6.07, 6.45) is 0.965. The number of ether oxygens (including phenoxy) is 2. The fourth-order valence-corrected chi connectivity index (χ4v) is 2.60. The van der Waals surface area contributed by atoms with Gasteiger partial charge in [-0.05, 0) is 29.8 Å². The molecule has 3 aromatic rings. The number of hydrogen-bond donors (Lipinski definition) is 2. The van der Waals surface area contributed by atoms with Crippen LogP contribution in [-0.4, -0.2) is 27.5 Å². The number of pyridine rings is 1. The van der Waals surface area contributed by atoms with Gasteiger partial charge in [0.15, 0.2) is 17.3 Å². The molecule has 0 bridgehead atoms. The fourth-order valence-electron chi connectivity index (χ4n) is 2.60. The summed E-state index contributed by atoms with van der Waals surface area (Å²) in [6, 6.07) is 7.30. The van der Waals surface area contributed by atoms with E-state index in [0.717, 1.165) is 16.9 Å². The number of nitrogens with zero attached hydrogens (tertiary/aromatic N) is 2. The molecular weight excluding hydrogens is 331 g/mol. The molecule has 2 aromatic heterocycles. The first-order valence-electron chi connectivity index (χ1n) is 7.21. The van der Waals surface area contributed by atoms with Crippen LogP contribution in [0.5, 0.6) is 11.5 Å². The Bertz CT molecular complexity index is 1040. The summed E-state index contributed by atoms with van der Waals surface area (Å²) < 4.78 is 24.6. The fraction of sp³-hybridized carbons (Fsp3) is 0.0625. The molecule has 0 aliphatic carbocycles. The van der Waals surface area contributed by atoms with Gasteiger partial charge in [0.05, 0.1) is 11.8 Å². The minimum atomic E-state index is -0.814. The van der Waals surface area contributed by atoms with Crippen LogP contribution in [0.1, 0.15) is 10.5 Å². The lowest BCUT2D eigenvalue weighted by atomic mass is 10.1. The van der Waals surface area contributed by atoms with Gasteiger partial charge in [0, 0.05) is 0 Å². The third-order valence-corrected chi connectivity index (χ3v) is 3.74. The van der Waals surface area contributed by atoms with Crippen molar-refractivity contribution in [1.29, 1.82) is 0 Å². The number of carbonyl (C=O) groups is 1. The minimum Gasteiger partial charge on any atom is -0.454 e. The second kappa shape index (κ2) is 5.48. The molecule has 0 atom stereocenters. The molecule has 4 rings (SSSR count). The summed E-state index contributed by atoms with van der Waals surface area (Å²) in [5, 5.41) is 2.62. The number of rotatable bonds is 3. The smallest absolute Gasteiger partial charge is 0.281 e. The Kier molecular flexibility index (Phi) is 3.27. The Morgan fingerprint density at radius 1 is 1.24 bits per heavy atom. The van der Waals surface area contributed by atoms with E-state index in [4.69, 9.17) is 15.2 Å². The maximum Gasteiger partial charge on any atom is 0.281 e. The van der Waals surface area contributed by atoms with Crippen LogP contribution in [-0.2, 0) is 0 Å². The highest BCUT2D eigenvalue weighted by Gasteiger charge is 2.23. The molecule has 0 unspecified atom stereocenters. The number of nitrogens with two attached hydrogens (primary N) is 1. The number of H-pyrrole nitrogens is 1. The Hall–Kier alpha value is -3.62. The predicted molar refractivity (Wildman–Crippen MR) is 84.2 cm³/mol. The molecule has 8 nitrogen and oxygen atoms in total. The average Bonchev–Trinajstić information content (AvgIpc) is 3.19. The van der Waals surface area contributed by atoms with Gasteiger partial charge in [0.25, 0.3) is 11.5 Å². The van der Waals surface area contributed by atoms with Crippen molar-refractivity contribution >= 4 is 5.91 Å². The number of amides is 1. The van der Waals surface area contributed by atoms with Crippen LogP contribution in [0.4, 0.5) is 4.39 Å². The first-order valence-corrected chi connectivity index (χ1v) is 7.21. The van der Waals surface area contributed by atoms with Gasteiger partial charge in [-0.25, -0.2) is 14.1 Å². The summed E-state index contributed by atoms with van der Waals surface area (Å²) in [4.78, 5) is 28.4. The molecule has 25 heavy (non-hydrogen) atoms. The summed E-state index contributed by atoms with van der Waals surface area (Å²) >= 11 is 0. The van der Waals surface area contributed by atoms with Crippen molar-refractivity contribution in [3.63, 3.8) is 0 Å². The predicted octanol–water partition coefficient (Wildman–Crippen LogP) is 1.19. The van der Waals surface area contributed by atoms with Crippen molar-refractivity contribution in [2.24, 2.45) is 5.73 Å². The molecule has 0 saturated heterocycles. The number of carbonyl (C=O) groups excluding carboxylic acids is 1. The first-order chi connectivity index (χ1) is 12.0. The number of nitrogens with one attached hydrogen (secondary N) is 1. The molecule has 1 aliphatic heterocycles. The molecular formula is C16H11FN4O4. The molecule has 0 radical (unpaired) electrons. The standard InChI is InChI=1S/C16H11FN4O4/c17-9-2-4-12(19-6-9)21-16(23)13(14(20-21)15(18)22)8-1-3-10-11(5-8)25-7-24-10/h1-6,20H,7H2,(H2,18,22). The molecule has 0 spiro atoms. The Balaban J connectivity index is 1.91. The summed E-state index contributed by atoms with van der Waals surface area (Å²) in [5.41, 5.74) is 5.25.